The average molecular weight is 356 g/mol. The Bertz CT molecular complexity index is 782. The molecule has 2 rings (SSSR count). The van der Waals surface area contributed by atoms with Gasteiger partial charge in [0, 0.05) is 23.5 Å². The Labute approximate surface area is 153 Å². The molecule has 0 spiro atoms. The summed E-state index contributed by atoms with van der Waals surface area (Å²) >= 11 is 0. The number of nitrogens with zero attached hydrogens (tertiary/aromatic N) is 1. The van der Waals surface area contributed by atoms with E-state index in [1.807, 2.05) is 26.0 Å². The molecule has 2 aromatic rings. The van der Waals surface area contributed by atoms with Crippen LogP contribution in [0.1, 0.15) is 47.3 Å². The number of carbonyl (C=O) groups is 2. The van der Waals surface area contributed by atoms with Crippen molar-refractivity contribution in [2.45, 2.75) is 46.3 Å². The van der Waals surface area contributed by atoms with Gasteiger partial charge < -0.3 is 15.2 Å². The monoisotopic (exact) mass is 356 g/mol. The summed E-state index contributed by atoms with van der Waals surface area (Å²) in [5.74, 6) is -0.762. The third-order valence-electron chi connectivity index (χ3n) is 4.40. The van der Waals surface area contributed by atoms with Gasteiger partial charge in [-0.15, -0.1) is 0 Å². The lowest BCUT2D eigenvalue weighted by molar-refractivity contribution is -0.143. The first-order valence-corrected chi connectivity index (χ1v) is 8.45. The summed E-state index contributed by atoms with van der Waals surface area (Å²) in [5.41, 5.74) is 1.69. The Morgan fingerprint density at radius 3 is 2.42 bits per heavy atom. The molecule has 1 heterocycles. The van der Waals surface area contributed by atoms with Crippen LogP contribution in [0.3, 0.4) is 0 Å². The molecular formula is C20H24N2O4. The number of benzene rings is 1. The smallest absolute Gasteiger partial charge is 0.329 e. The highest BCUT2D eigenvalue weighted by molar-refractivity contribution is 5.98. The van der Waals surface area contributed by atoms with Crippen LogP contribution in [0.2, 0.25) is 0 Å². The van der Waals surface area contributed by atoms with Crippen LogP contribution in [0, 0.1) is 13.8 Å². The second-order valence-electron chi connectivity index (χ2n) is 6.53. The average Bonchev–Trinajstić information content (AvgIpc) is 2.61. The maximum Gasteiger partial charge on any atom is 0.329 e. The minimum atomic E-state index is -1.30. The fourth-order valence-corrected chi connectivity index (χ4v) is 2.56. The van der Waals surface area contributed by atoms with Crippen molar-refractivity contribution >= 4 is 11.9 Å². The molecule has 1 unspecified atom stereocenters. The van der Waals surface area contributed by atoms with Crippen molar-refractivity contribution in [1.29, 1.82) is 0 Å². The number of aryl methyl sites for hydroxylation is 2. The number of carbonyl (C=O) groups excluding carboxylic acids is 1. The molecule has 0 saturated carbocycles. The highest BCUT2D eigenvalue weighted by Crippen LogP contribution is 2.26. The number of aromatic nitrogens is 1. The third-order valence-corrected chi connectivity index (χ3v) is 4.40. The number of hydrogen-bond donors (Lipinski definition) is 2. The number of carboxylic acid groups (broad SMARTS) is 1. The topological polar surface area (TPSA) is 88.5 Å². The molecule has 0 aliphatic heterocycles. The molecule has 0 radical (unpaired) electrons. The van der Waals surface area contributed by atoms with Crippen LogP contribution in [0.15, 0.2) is 36.7 Å². The molecule has 2 N–H and O–H groups in total. The summed E-state index contributed by atoms with van der Waals surface area (Å²) in [6.45, 7) is 7.32. The standard InChI is InChI=1S/C20H24N2O4/c1-5-20(4,19(24)25)22-18(23)16-9-13(2)17(14(3)10-16)26-12-15-7-6-8-21-11-15/h6-11H,5,12H2,1-4H3,(H,22,23)(H,24,25). The first-order valence-electron chi connectivity index (χ1n) is 8.45. The van der Waals surface area contributed by atoms with Crippen molar-refractivity contribution in [3.63, 3.8) is 0 Å². The number of amides is 1. The number of nitrogens with one attached hydrogen (secondary N) is 1. The Balaban J connectivity index is 2.17. The zero-order valence-corrected chi connectivity index (χ0v) is 15.5. The van der Waals surface area contributed by atoms with Gasteiger partial charge in [0.1, 0.15) is 17.9 Å². The van der Waals surface area contributed by atoms with Gasteiger partial charge in [-0.05, 0) is 56.5 Å². The van der Waals surface area contributed by atoms with Crippen molar-refractivity contribution in [3.05, 3.63) is 58.9 Å². The predicted molar refractivity (Wildman–Crippen MR) is 98.3 cm³/mol. The molecule has 0 aliphatic rings. The Morgan fingerprint density at radius 2 is 1.92 bits per heavy atom. The first-order chi connectivity index (χ1) is 12.3. The van der Waals surface area contributed by atoms with E-state index in [2.05, 4.69) is 10.3 Å². The van der Waals surface area contributed by atoms with E-state index in [0.29, 0.717) is 24.3 Å². The molecule has 0 bridgehead atoms. The van der Waals surface area contributed by atoms with E-state index < -0.39 is 17.4 Å². The summed E-state index contributed by atoms with van der Waals surface area (Å²) in [5, 5.41) is 11.9. The molecule has 138 valence electrons. The maximum atomic E-state index is 12.5. The van der Waals surface area contributed by atoms with Gasteiger partial charge in [0.25, 0.3) is 5.91 Å². The van der Waals surface area contributed by atoms with Crippen LogP contribution in [-0.4, -0.2) is 27.5 Å². The van der Waals surface area contributed by atoms with E-state index in [-0.39, 0.29) is 0 Å². The molecular weight excluding hydrogens is 332 g/mol. The molecule has 0 aliphatic carbocycles. The predicted octanol–water partition coefficient (Wildman–Crippen LogP) is 3.26. The van der Waals surface area contributed by atoms with Crippen LogP contribution in [0.25, 0.3) is 0 Å². The molecule has 1 atom stereocenters. The van der Waals surface area contributed by atoms with E-state index in [4.69, 9.17) is 4.74 Å². The lowest BCUT2D eigenvalue weighted by Crippen LogP contribution is -2.51. The minimum Gasteiger partial charge on any atom is -0.488 e. The highest BCUT2D eigenvalue weighted by Gasteiger charge is 2.33. The number of ether oxygens (including phenoxy) is 1. The number of hydrogen-bond acceptors (Lipinski definition) is 4. The Kier molecular flexibility index (Phi) is 5.97. The van der Waals surface area contributed by atoms with Gasteiger partial charge in [-0.2, -0.15) is 0 Å². The van der Waals surface area contributed by atoms with Crippen LogP contribution in [-0.2, 0) is 11.4 Å². The van der Waals surface area contributed by atoms with Gasteiger partial charge in [-0.25, -0.2) is 4.79 Å². The number of pyridine rings is 1. The summed E-state index contributed by atoms with van der Waals surface area (Å²) in [7, 11) is 0. The van der Waals surface area contributed by atoms with Crippen LogP contribution in [0.5, 0.6) is 5.75 Å². The van der Waals surface area contributed by atoms with Gasteiger partial charge in [-0.3, -0.25) is 9.78 Å². The first kappa shape index (κ1) is 19.4. The molecule has 26 heavy (non-hydrogen) atoms. The fourth-order valence-electron chi connectivity index (χ4n) is 2.56. The summed E-state index contributed by atoms with van der Waals surface area (Å²) in [4.78, 5) is 27.9. The van der Waals surface area contributed by atoms with Gasteiger partial charge in [-0.1, -0.05) is 13.0 Å². The third kappa shape index (κ3) is 4.39. The number of rotatable bonds is 7. The summed E-state index contributed by atoms with van der Waals surface area (Å²) < 4.78 is 5.88. The van der Waals surface area contributed by atoms with E-state index in [9.17, 15) is 14.7 Å². The lowest BCUT2D eigenvalue weighted by atomic mass is 9.97. The van der Waals surface area contributed by atoms with Crippen molar-refractivity contribution < 1.29 is 19.4 Å². The molecule has 6 heteroatoms. The normalized spacial score (nSPS) is 12.9. The summed E-state index contributed by atoms with van der Waals surface area (Å²) in [6.07, 6.45) is 3.73. The molecule has 0 saturated heterocycles. The van der Waals surface area contributed by atoms with E-state index >= 15 is 0 Å². The van der Waals surface area contributed by atoms with Crippen molar-refractivity contribution in [1.82, 2.24) is 10.3 Å². The lowest BCUT2D eigenvalue weighted by Gasteiger charge is -2.25. The second kappa shape index (κ2) is 7.99. The largest absolute Gasteiger partial charge is 0.488 e. The van der Waals surface area contributed by atoms with E-state index in [1.165, 1.54) is 6.92 Å². The molecule has 1 aromatic carbocycles. The number of aliphatic carboxylic acids is 1. The quantitative estimate of drug-likeness (QED) is 0.795. The molecule has 1 amide bonds. The van der Waals surface area contributed by atoms with Crippen molar-refractivity contribution in [3.8, 4) is 5.75 Å². The van der Waals surface area contributed by atoms with Gasteiger partial charge in [0.05, 0.1) is 0 Å². The zero-order chi connectivity index (χ0) is 19.3. The summed E-state index contributed by atoms with van der Waals surface area (Å²) in [6, 6.07) is 7.19. The van der Waals surface area contributed by atoms with Gasteiger partial charge in [0.2, 0.25) is 0 Å². The Hall–Kier alpha value is -2.89. The maximum absolute atomic E-state index is 12.5. The van der Waals surface area contributed by atoms with E-state index in [0.717, 1.165) is 16.7 Å². The van der Waals surface area contributed by atoms with Gasteiger partial charge >= 0.3 is 5.97 Å². The van der Waals surface area contributed by atoms with E-state index in [1.54, 1.807) is 31.5 Å². The molecule has 0 fully saturated rings. The zero-order valence-electron chi connectivity index (χ0n) is 15.5. The molecule has 1 aromatic heterocycles. The molecule has 6 nitrogen and oxygen atoms in total. The van der Waals surface area contributed by atoms with Crippen molar-refractivity contribution in [2.24, 2.45) is 0 Å². The number of carboxylic acids is 1. The van der Waals surface area contributed by atoms with Crippen molar-refractivity contribution in [2.75, 3.05) is 0 Å². The van der Waals surface area contributed by atoms with Gasteiger partial charge in [0.15, 0.2) is 0 Å². The Morgan fingerprint density at radius 1 is 1.27 bits per heavy atom. The fraction of sp³-hybridized carbons (Fsp3) is 0.350. The minimum absolute atomic E-state index is 0.290. The highest BCUT2D eigenvalue weighted by atomic mass is 16.5. The van der Waals surface area contributed by atoms with Crippen LogP contribution in [0.4, 0.5) is 0 Å². The van der Waals surface area contributed by atoms with Crippen LogP contribution >= 0.6 is 0 Å². The van der Waals surface area contributed by atoms with Crippen LogP contribution < -0.4 is 10.1 Å². The second-order valence-corrected chi connectivity index (χ2v) is 6.53. The SMILES string of the molecule is CCC(C)(NC(=O)c1cc(C)c(OCc2cccnc2)c(C)c1)C(=O)O.